The molecule has 0 amide bonds. The molecule has 5 nitrogen and oxygen atoms in total. The minimum Gasteiger partial charge on any atom is -0.366 e. The molecule has 0 aliphatic rings. The SMILES string of the molecule is CNC(=S)NCCNCc1nccnc1Cl. The van der Waals surface area contributed by atoms with Crippen LogP contribution in [0, 0.1) is 0 Å². The predicted octanol–water partition coefficient (Wildman–Crippen LogP) is 0.313. The maximum absolute atomic E-state index is 5.85. The summed E-state index contributed by atoms with van der Waals surface area (Å²) >= 11 is 10.8. The Kier molecular flexibility index (Phi) is 5.99. The molecule has 0 saturated heterocycles. The van der Waals surface area contributed by atoms with Gasteiger partial charge in [0.05, 0.1) is 5.69 Å². The van der Waals surface area contributed by atoms with Crippen molar-refractivity contribution in [3.63, 3.8) is 0 Å². The van der Waals surface area contributed by atoms with Crippen molar-refractivity contribution in [2.24, 2.45) is 0 Å². The second-order valence-corrected chi connectivity index (χ2v) is 3.74. The Balaban J connectivity index is 2.17. The molecule has 0 bridgehead atoms. The molecule has 7 heteroatoms. The van der Waals surface area contributed by atoms with Crippen molar-refractivity contribution in [2.45, 2.75) is 6.54 Å². The number of hydrogen-bond acceptors (Lipinski definition) is 4. The number of rotatable bonds is 5. The summed E-state index contributed by atoms with van der Waals surface area (Å²) in [6, 6.07) is 0. The number of aromatic nitrogens is 2. The summed E-state index contributed by atoms with van der Waals surface area (Å²) in [5, 5.41) is 10.1. The van der Waals surface area contributed by atoms with Crippen molar-refractivity contribution >= 4 is 28.9 Å². The Morgan fingerprint density at radius 2 is 2.12 bits per heavy atom. The second kappa shape index (κ2) is 7.32. The first kappa shape index (κ1) is 13.1. The first-order valence-electron chi connectivity index (χ1n) is 4.85. The average molecular weight is 260 g/mol. The Labute approximate surface area is 105 Å². The Bertz CT molecular complexity index is 346. The van der Waals surface area contributed by atoms with E-state index < -0.39 is 0 Å². The van der Waals surface area contributed by atoms with Gasteiger partial charge in [-0.2, -0.15) is 0 Å². The fraction of sp³-hybridized carbons (Fsp3) is 0.444. The first-order chi connectivity index (χ1) is 7.74. The molecule has 0 fully saturated rings. The highest BCUT2D eigenvalue weighted by Gasteiger charge is 2.00. The number of halogens is 1. The highest BCUT2D eigenvalue weighted by Crippen LogP contribution is 2.06. The molecule has 0 saturated carbocycles. The van der Waals surface area contributed by atoms with Gasteiger partial charge in [0.2, 0.25) is 0 Å². The average Bonchev–Trinajstić information content (AvgIpc) is 2.30. The van der Waals surface area contributed by atoms with Gasteiger partial charge in [0.15, 0.2) is 10.3 Å². The maximum Gasteiger partial charge on any atom is 0.166 e. The monoisotopic (exact) mass is 259 g/mol. The first-order valence-corrected chi connectivity index (χ1v) is 5.64. The van der Waals surface area contributed by atoms with E-state index in [0.29, 0.717) is 16.8 Å². The Morgan fingerprint density at radius 1 is 1.38 bits per heavy atom. The lowest BCUT2D eigenvalue weighted by Crippen LogP contribution is -2.37. The van der Waals surface area contributed by atoms with Crippen molar-refractivity contribution in [1.82, 2.24) is 25.9 Å². The third-order valence-corrected chi connectivity index (χ3v) is 2.49. The molecular weight excluding hydrogens is 246 g/mol. The predicted molar refractivity (Wildman–Crippen MR) is 68.4 cm³/mol. The molecule has 1 aromatic rings. The van der Waals surface area contributed by atoms with Crippen LogP contribution in [0.4, 0.5) is 0 Å². The van der Waals surface area contributed by atoms with Crippen molar-refractivity contribution in [1.29, 1.82) is 0 Å². The summed E-state index contributed by atoms with van der Waals surface area (Å²) in [6.07, 6.45) is 3.19. The van der Waals surface area contributed by atoms with E-state index in [4.69, 9.17) is 23.8 Å². The summed E-state index contributed by atoms with van der Waals surface area (Å²) in [7, 11) is 1.78. The van der Waals surface area contributed by atoms with Crippen LogP contribution in [0.1, 0.15) is 5.69 Å². The lowest BCUT2D eigenvalue weighted by Gasteiger charge is -2.08. The van der Waals surface area contributed by atoms with Gasteiger partial charge >= 0.3 is 0 Å². The van der Waals surface area contributed by atoms with Crippen LogP contribution >= 0.6 is 23.8 Å². The van der Waals surface area contributed by atoms with Gasteiger partial charge in [0.25, 0.3) is 0 Å². The van der Waals surface area contributed by atoms with E-state index >= 15 is 0 Å². The van der Waals surface area contributed by atoms with Gasteiger partial charge < -0.3 is 16.0 Å². The van der Waals surface area contributed by atoms with Crippen LogP contribution in [-0.4, -0.2) is 35.2 Å². The van der Waals surface area contributed by atoms with Gasteiger partial charge in [-0.3, -0.25) is 4.98 Å². The molecule has 1 aromatic heterocycles. The van der Waals surface area contributed by atoms with Crippen LogP contribution in [-0.2, 0) is 6.54 Å². The van der Waals surface area contributed by atoms with E-state index in [1.807, 2.05) is 0 Å². The summed E-state index contributed by atoms with van der Waals surface area (Å²) in [5.74, 6) is 0. The number of nitrogens with one attached hydrogen (secondary N) is 3. The lowest BCUT2D eigenvalue weighted by atomic mass is 10.4. The van der Waals surface area contributed by atoms with Gasteiger partial charge in [-0.25, -0.2) is 4.98 Å². The quantitative estimate of drug-likeness (QED) is 0.523. The Hall–Kier alpha value is -0.980. The van der Waals surface area contributed by atoms with Crippen LogP contribution in [0.25, 0.3) is 0 Å². The zero-order valence-electron chi connectivity index (χ0n) is 8.96. The van der Waals surface area contributed by atoms with Crippen molar-refractivity contribution in [2.75, 3.05) is 20.1 Å². The highest BCUT2D eigenvalue weighted by molar-refractivity contribution is 7.80. The van der Waals surface area contributed by atoms with Crippen molar-refractivity contribution in [3.05, 3.63) is 23.2 Å². The molecule has 0 unspecified atom stereocenters. The van der Waals surface area contributed by atoms with E-state index in [0.717, 1.165) is 18.8 Å². The van der Waals surface area contributed by atoms with Gasteiger partial charge in [-0.1, -0.05) is 11.6 Å². The second-order valence-electron chi connectivity index (χ2n) is 2.98. The third-order valence-electron chi connectivity index (χ3n) is 1.83. The van der Waals surface area contributed by atoms with Crippen LogP contribution in [0.2, 0.25) is 5.15 Å². The highest BCUT2D eigenvalue weighted by atomic mass is 35.5. The molecule has 0 spiro atoms. The normalized spacial score (nSPS) is 9.88. The summed E-state index contributed by atoms with van der Waals surface area (Å²) in [5.41, 5.74) is 0.750. The molecule has 0 aliphatic heterocycles. The van der Waals surface area contributed by atoms with Crippen molar-refractivity contribution in [3.8, 4) is 0 Å². The molecule has 3 N–H and O–H groups in total. The van der Waals surface area contributed by atoms with Gasteiger partial charge in [0.1, 0.15) is 0 Å². The Morgan fingerprint density at radius 3 is 2.81 bits per heavy atom. The third kappa shape index (κ3) is 4.69. The minimum atomic E-state index is 0.439. The number of thiocarbonyl (C=S) groups is 1. The van der Waals surface area contributed by atoms with Crippen LogP contribution in [0.5, 0.6) is 0 Å². The summed E-state index contributed by atoms with van der Waals surface area (Å²) in [6.45, 7) is 2.12. The standard InChI is InChI=1S/C9H14ClN5S/c1-11-9(16)15-3-2-12-6-7-8(10)14-5-4-13-7/h4-5,12H,2-3,6H2,1H3,(H2,11,15,16). The summed E-state index contributed by atoms with van der Waals surface area (Å²) in [4.78, 5) is 8.05. The lowest BCUT2D eigenvalue weighted by molar-refractivity contribution is 0.658. The van der Waals surface area contributed by atoms with Crippen molar-refractivity contribution < 1.29 is 0 Å². The molecule has 0 atom stereocenters. The zero-order valence-corrected chi connectivity index (χ0v) is 10.5. The van der Waals surface area contributed by atoms with Crippen LogP contribution in [0.15, 0.2) is 12.4 Å². The van der Waals surface area contributed by atoms with E-state index in [1.165, 1.54) is 0 Å². The molecule has 16 heavy (non-hydrogen) atoms. The fourth-order valence-electron chi connectivity index (χ4n) is 1.03. The largest absolute Gasteiger partial charge is 0.366 e. The molecule has 1 rings (SSSR count). The van der Waals surface area contributed by atoms with Crippen LogP contribution < -0.4 is 16.0 Å². The number of nitrogens with zero attached hydrogens (tertiary/aromatic N) is 2. The zero-order chi connectivity index (χ0) is 11.8. The molecule has 88 valence electrons. The summed E-state index contributed by atoms with van der Waals surface area (Å²) < 4.78 is 0. The molecule has 0 radical (unpaired) electrons. The van der Waals surface area contributed by atoms with Gasteiger partial charge in [-0.15, -0.1) is 0 Å². The fourth-order valence-corrected chi connectivity index (χ4v) is 1.30. The molecule has 0 aromatic carbocycles. The smallest absolute Gasteiger partial charge is 0.166 e. The molecule has 1 heterocycles. The van der Waals surface area contributed by atoms with E-state index in [-0.39, 0.29) is 0 Å². The van der Waals surface area contributed by atoms with Crippen LogP contribution in [0.3, 0.4) is 0 Å². The van der Waals surface area contributed by atoms with E-state index in [2.05, 4.69) is 25.9 Å². The number of hydrogen-bond donors (Lipinski definition) is 3. The molecule has 0 aliphatic carbocycles. The molecular formula is C9H14ClN5S. The van der Waals surface area contributed by atoms with Gasteiger partial charge in [0, 0.05) is 39.1 Å². The maximum atomic E-state index is 5.85. The van der Waals surface area contributed by atoms with Gasteiger partial charge in [-0.05, 0) is 12.2 Å². The topological polar surface area (TPSA) is 61.9 Å². The van der Waals surface area contributed by atoms with E-state index in [9.17, 15) is 0 Å². The minimum absolute atomic E-state index is 0.439. The van der Waals surface area contributed by atoms with E-state index in [1.54, 1.807) is 19.4 Å².